The number of aliphatic hydroxyl groups excluding tert-OH is 1. The summed E-state index contributed by atoms with van der Waals surface area (Å²) in [4.78, 5) is 15.0. The van der Waals surface area contributed by atoms with Crippen LogP contribution < -0.4 is 0 Å². The number of likely N-dealkylation sites (tertiary alicyclic amines) is 1. The van der Waals surface area contributed by atoms with E-state index in [-0.39, 0.29) is 23.7 Å². The minimum absolute atomic E-state index is 0.0478. The summed E-state index contributed by atoms with van der Waals surface area (Å²) < 4.78 is 8.23. The summed E-state index contributed by atoms with van der Waals surface area (Å²) in [5.74, 6) is 0.0478. The topological polar surface area (TPSA) is 67.6 Å². The van der Waals surface area contributed by atoms with E-state index in [1.54, 1.807) is 0 Å². The molecule has 0 bridgehead atoms. The summed E-state index contributed by atoms with van der Waals surface area (Å²) in [6.07, 6.45) is 3.71. The molecule has 0 aliphatic carbocycles. The Morgan fingerprint density at radius 2 is 2.03 bits per heavy atom. The van der Waals surface area contributed by atoms with Gasteiger partial charge in [0.25, 0.3) is 5.91 Å². The number of piperidine rings is 1. The molecule has 2 aromatic rings. The van der Waals surface area contributed by atoms with E-state index in [9.17, 15) is 9.90 Å². The highest BCUT2D eigenvalue weighted by Crippen LogP contribution is 2.38. The van der Waals surface area contributed by atoms with Crippen molar-refractivity contribution >= 4 is 5.91 Å². The Kier molecular flexibility index (Phi) is 5.49. The average Bonchev–Trinajstić information content (AvgIpc) is 3.05. The Labute approximate surface area is 172 Å². The van der Waals surface area contributed by atoms with Gasteiger partial charge in [-0.15, -0.1) is 0 Å². The number of hydrogen-bond donors (Lipinski definition) is 1. The molecule has 4 rings (SSSR count). The van der Waals surface area contributed by atoms with Gasteiger partial charge in [0, 0.05) is 30.8 Å². The number of aliphatic hydroxyl groups is 1. The highest BCUT2D eigenvalue weighted by atomic mass is 16.5. The largest absolute Gasteiger partial charge is 0.393 e. The first-order chi connectivity index (χ1) is 13.9. The van der Waals surface area contributed by atoms with Crippen LogP contribution in [0.4, 0.5) is 0 Å². The Morgan fingerprint density at radius 1 is 1.28 bits per heavy atom. The van der Waals surface area contributed by atoms with Crippen LogP contribution in [0.3, 0.4) is 0 Å². The normalized spacial score (nSPS) is 24.1. The Bertz CT molecular complexity index is 883. The van der Waals surface area contributed by atoms with Crippen LogP contribution in [0.15, 0.2) is 30.3 Å². The number of rotatable bonds is 3. The van der Waals surface area contributed by atoms with E-state index in [4.69, 9.17) is 4.74 Å². The van der Waals surface area contributed by atoms with Crippen LogP contribution in [-0.4, -0.2) is 56.6 Å². The number of benzene rings is 1. The van der Waals surface area contributed by atoms with E-state index in [1.807, 2.05) is 53.8 Å². The van der Waals surface area contributed by atoms with E-state index < -0.39 is 0 Å². The molecule has 1 N–H and O–H groups in total. The molecule has 1 amide bonds. The smallest absolute Gasteiger partial charge is 0.253 e. The first-order valence-corrected chi connectivity index (χ1v) is 10.7. The fourth-order valence-corrected chi connectivity index (χ4v) is 4.80. The summed E-state index contributed by atoms with van der Waals surface area (Å²) in [5, 5.41) is 14.8. The molecule has 6 heteroatoms. The fourth-order valence-electron chi connectivity index (χ4n) is 4.80. The lowest BCUT2D eigenvalue weighted by molar-refractivity contribution is -0.179. The number of nitrogens with zero attached hydrogens (tertiary/aromatic N) is 3. The number of aryl methyl sites for hydroxylation is 2. The summed E-state index contributed by atoms with van der Waals surface area (Å²) in [6.45, 7) is 7.40. The third-order valence-corrected chi connectivity index (χ3v) is 6.32. The second-order valence-electron chi connectivity index (χ2n) is 8.61. The average molecular weight is 398 g/mol. The third-order valence-electron chi connectivity index (χ3n) is 6.32. The van der Waals surface area contributed by atoms with Gasteiger partial charge in [-0.2, -0.15) is 5.10 Å². The zero-order valence-electron chi connectivity index (χ0n) is 17.6. The van der Waals surface area contributed by atoms with E-state index >= 15 is 0 Å². The zero-order valence-corrected chi connectivity index (χ0v) is 17.6. The molecule has 2 fully saturated rings. The molecule has 2 aliphatic heterocycles. The SMILES string of the molecule is CC[C@H]1C[C@@H](O)CC2(CCN(C(=O)c3cccc(-n4nc(C)cc4C)c3)CC2)O1. The second-order valence-corrected chi connectivity index (χ2v) is 8.61. The number of carbonyl (C=O) groups is 1. The van der Waals surface area contributed by atoms with Crippen LogP contribution in [0, 0.1) is 13.8 Å². The van der Waals surface area contributed by atoms with Crippen molar-refractivity contribution in [3.05, 3.63) is 47.3 Å². The van der Waals surface area contributed by atoms with E-state index in [1.165, 1.54) is 0 Å². The molecular weight excluding hydrogens is 366 g/mol. The van der Waals surface area contributed by atoms with Gasteiger partial charge >= 0.3 is 0 Å². The lowest BCUT2D eigenvalue weighted by Crippen LogP contribution is -2.53. The van der Waals surface area contributed by atoms with Crippen molar-refractivity contribution in [3.63, 3.8) is 0 Å². The van der Waals surface area contributed by atoms with Crippen molar-refractivity contribution in [2.45, 2.75) is 70.7 Å². The summed E-state index contributed by atoms with van der Waals surface area (Å²) in [5.41, 5.74) is 3.31. The maximum atomic E-state index is 13.1. The number of carbonyl (C=O) groups excluding carboxylic acids is 1. The van der Waals surface area contributed by atoms with Crippen LogP contribution >= 0.6 is 0 Å². The predicted molar refractivity (Wildman–Crippen MR) is 111 cm³/mol. The van der Waals surface area contributed by atoms with Crippen molar-refractivity contribution in [1.82, 2.24) is 14.7 Å². The van der Waals surface area contributed by atoms with Gasteiger partial charge in [0.2, 0.25) is 0 Å². The number of aromatic nitrogens is 2. The zero-order chi connectivity index (χ0) is 20.6. The van der Waals surface area contributed by atoms with Gasteiger partial charge in [0.1, 0.15) is 0 Å². The monoisotopic (exact) mass is 397 g/mol. The Morgan fingerprint density at radius 3 is 2.69 bits per heavy atom. The first-order valence-electron chi connectivity index (χ1n) is 10.7. The molecule has 156 valence electrons. The van der Waals surface area contributed by atoms with Gasteiger partial charge in [-0.25, -0.2) is 4.68 Å². The summed E-state index contributed by atoms with van der Waals surface area (Å²) in [7, 11) is 0. The minimum atomic E-state index is -0.298. The fraction of sp³-hybridized carbons (Fsp3) is 0.565. The van der Waals surface area contributed by atoms with Crippen LogP contribution in [0.1, 0.15) is 60.8 Å². The first kappa shape index (κ1) is 20.1. The van der Waals surface area contributed by atoms with Crippen LogP contribution in [0.2, 0.25) is 0 Å². The molecule has 1 aromatic carbocycles. The quantitative estimate of drug-likeness (QED) is 0.862. The predicted octanol–water partition coefficient (Wildman–Crippen LogP) is 3.41. The lowest BCUT2D eigenvalue weighted by atomic mass is 9.81. The van der Waals surface area contributed by atoms with Crippen LogP contribution in [0.25, 0.3) is 5.69 Å². The third kappa shape index (κ3) is 4.09. The van der Waals surface area contributed by atoms with E-state index in [2.05, 4.69) is 12.0 Å². The van der Waals surface area contributed by atoms with E-state index in [0.29, 0.717) is 25.1 Å². The molecule has 3 heterocycles. The molecule has 0 radical (unpaired) electrons. The van der Waals surface area contributed by atoms with Gasteiger partial charge in [-0.1, -0.05) is 13.0 Å². The van der Waals surface area contributed by atoms with Crippen molar-refractivity contribution in [2.24, 2.45) is 0 Å². The molecule has 2 saturated heterocycles. The second kappa shape index (κ2) is 7.92. The summed E-state index contributed by atoms with van der Waals surface area (Å²) in [6, 6.07) is 9.71. The Hall–Kier alpha value is -2.18. The molecule has 29 heavy (non-hydrogen) atoms. The maximum absolute atomic E-state index is 13.1. The van der Waals surface area contributed by atoms with Gasteiger partial charge in [-0.05, 0) is 63.8 Å². The summed E-state index contributed by atoms with van der Waals surface area (Å²) >= 11 is 0. The van der Waals surface area contributed by atoms with Crippen molar-refractivity contribution < 1.29 is 14.6 Å². The molecule has 0 saturated carbocycles. The van der Waals surface area contributed by atoms with Crippen molar-refractivity contribution in [3.8, 4) is 5.69 Å². The van der Waals surface area contributed by atoms with Crippen LogP contribution in [0.5, 0.6) is 0 Å². The Balaban J connectivity index is 1.46. The number of amides is 1. The number of hydrogen-bond acceptors (Lipinski definition) is 4. The lowest BCUT2D eigenvalue weighted by Gasteiger charge is -2.47. The van der Waals surface area contributed by atoms with Crippen molar-refractivity contribution in [1.29, 1.82) is 0 Å². The van der Waals surface area contributed by atoms with Gasteiger partial charge in [0.05, 0.1) is 29.2 Å². The standard InChI is InChI=1S/C23H31N3O3/c1-4-21-14-20(27)15-23(29-21)8-10-25(11-9-23)22(28)18-6-5-7-19(13-18)26-17(3)12-16(2)24-26/h5-7,12-13,20-21,27H,4,8-11,14-15H2,1-3H3/t20-,21+/m1/s1. The number of ether oxygens (including phenoxy) is 1. The van der Waals surface area contributed by atoms with Gasteiger partial charge in [-0.3, -0.25) is 4.79 Å². The van der Waals surface area contributed by atoms with Crippen LogP contribution in [-0.2, 0) is 4.74 Å². The molecule has 1 aromatic heterocycles. The minimum Gasteiger partial charge on any atom is -0.393 e. The maximum Gasteiger partial charge on any atom is 0.253 e. The molecular formula is C23H31N3O3. The van der Waals surface area contributed by atoms with Crippen molar-refractivity contribution in [2.75, 3.05) is 13.1 Å². The molecule has 6 nitrogen and oxygen atoms in total. The van der Waals surface area contributed by atoms with Gasteiger partial charge < -0.3 is 14.7 Å². The molecule has 1 spiro atoms. The molecule has 0 unspecified atom stereocenters. The van der Waals surface area contributed by atoms with E-state index in [0.717, 1.165) is 42.8 Å². The highest BCUT2D eigenvalue weighted by Gasteiger charge is 2.43. The highest BCUT2D eigenvalue weighted by molar-refractivity contribution is 5.94. The molecule has 2 atom stereocenters. The molecule has 2 aliphatic rings. The van der Waals surface area contributed by atoms with Gasteiger partial charge in [0.15, 0.2) is 0 Å².